The molecule has 0 radical (unpaired) electrons. The van der Waals surface area contributed by atoms with Crippen molar-refractivity contribution in [2.75, 3.05) is 6.61 Å². The molecule has 0 atom stereocenters. The monoisotopic (exact) mass is 421 g/mol. The summed E-state index contributed by atoms with van der Waals surface area (Å²) in [6.07, 6.45) is 2.51. The highest BCUT2D eigenvalue weighted by molar-refractivity contribution is 7.13. The zero-order valence-electron chi connectivity index (χ0n) is 16.3. The van der Waals surface area contributed by atoms with Gasteiger partial charge in [-0.25, -0.2) is 4.98 Å². The van der Waals surface area contributed by atoms with Crippen molar-refractivity contribution in [2.24, 2.45) is 0 Å². The van der Waals surface area contributed by atoms with Crippen LogP contribution in [0.15, 0.2) is 58.5 Å². The molecule has 0 spiro atoms. The van der Waals surface area contributed by atoms with Crippen LogP contribution in [0, 0.1) is 0 Å². The third kappa shape index (κ3) is 4.26. The van der Waals surface area contributed by atoms with Crippen LogP contribution in [0.4, 0.5) is 0 Å². The van der Waals surface area contributed by atoms with Gasteiger partial charge >= 0.3 is 5.97 Å². The summed E-state index contributed by atoms with van der Waals surface area (Å²) >= 11 is 1.39. The number of ether oxygens (including phenoxy) is 2. The van der Waals surface area contributed by atoms with Gasteiger partial charge in [-0.15, -0.1) is 11.3 Å². The van der Waals surface area contributed by atoms with Crippen molar-refractivity contribution in [3.05, 3.63) is 70.9 Å². The maximum atomic E-state index is 11.9. The number of hydrogen-bond acceptors (Lipinski definition) is 7. The van der Waals surface area contributed by atoms with E-state index in [-0.39, 0.29) is 12.4 Å². The molecule has 0 N–H and O–H groups in total. The Morgan fingerprint density at radius 2 is 2.10 bits per heavy atom. The quantitative estimate of drug-likeness (QED) is 0.292. The summed E-state index contributed by atoms with van der Waals surface area (Å²) in [5.74, 6) is 0.349. The van der Waals surface area contributed by atoms with E-state index in [9.17, 15) is 9.59 Å². The highest BCUT2D eigenvalue weighted by atomic mass is 32.1. The number of carbonyl (C=O) groups excluding carboxylic acids is 2. The molecule has 0 aliphatic carbocycles. The van der Waals surface area contributed by atoms with Gasteiger partial charge < -0.3 is 13.9 Å². The van der Waals surface area contributed by atoms with Crippen LogP contribution in [0.25, 0.3) is 21.5 Å². The number of thiazole rings is 1. The third-order valence-corrected chi connectivity index (χ3v) is 5.38. The minimum absolute atomic E-state index is 0.156. The molecule has 0 aliphatic rings. The molecule has 2 aromatic heterocycles. The number of carbonyl (C=O) groups is 2. The number of nitrogens with zero attached hydrogens (tertiary/aromatic N) is 1. The van der Waals surface area contributed by atoms with Gasteiger partial charge in [0.25, 0.3) is 0 Å². The largest absolute Gasteiger partial charge is 0.489 e. The molecule has 0 saturated heterocycles. The van der Waals surface area contributed by atoms with Gasteiger partial charge in [0.1, 0.15) is 28.6 Å². The third-order valence-electron chi connectivity index (χ3n) is 4.49. The zero-order chi connectivity index (χ0) is 20.9. The lowest BCUT2D eigenvalue weighted by Gasteiger charge is -2.12. The lowest BCUT2D eigenvalue weighted by atomic mass is 10.1. The molecule has 0 unspecified atom stereocenters. The number of esters is 1. The number of aldehydes is 1. The fraction of sp³-hybridized carbons (Fsp3) is 0.174. The highest BCUT2D eigenvalue weighted by Gasteiger charge is 2.14. The maximum absolute atomic E-state index is 11.9. The Morgan fingerprint density at radius 1 is 1.23 bits per heavy atom. The van der Waals surface area contributed by atoms with Crippen LogP contribution in [0.5, 0.6) is 5.75 Å². The Hall–Kier alpha value is -3.45. The van der Waals surface area contributed by atoms with E-state index >= 15 is 0 Å². The summed E-state index contributed by atoms with van der Waals surface area (Å²) in [5, 5.41) is 3.35. The van der Waals surface area contributed by atoms with E-state index in [1.165, 1.54) is 11.3 Å². The average molecular weight is 421 g/mol. The summed E-state index contributed by atoms with van der Waals surface area (Å²) in [7, 11) is 0. The number of benzene rings is 2. The molecular formula is C23H19NO5S. The van der Waals surface area contributed by atoms with E-state index in [0.717, 1.165) is 28.4 Å². The van der Waals surface area contributed by atoms with E-state index in [1.807, 2.05) is 42.5 Å². The molecule has 0 aliphatic heterocycles. The van der Waals surface area contributed by atoms with Crippen molar-refractivity contribution in [2.45, 2.75) is 20.0 Å². The predicted molar refractivity (Wildman–Crippen MR) is 114 cm³/mol. The lowest BCUT2D eigenvalue weighted by molar-refractivity contribution is -0.142. The molecule has 0 bridgehead atoms. The molecule has 2 aromatic carbocycles. The Labute approximate surface area is 177 Å². The smallest absolute Gasteiger partial charge is 0.310 e. The second-order valence-electron chi connectivity index (χ2n) is 6.56. The first-order valence-corrected chi connectivity index (χ1v) is 10.3. The minimum atomic E-state index is -0.287. The van der Waals surface area contributed by atoms with Gasteiger partial charge in [-0.1, -0.05) is 18.2 Å². The van der Waals surface area contributed by atoms with Crippen LogP contribution in [0.3, 0.4) is 0 Å². The summed E-state index contributed by atoms with van der Waals surface area (Å²) < 4.78 is 16.7. The first kappa shape index (κ1) is 19.8. The molecular weight excluding hydrogens is 402 g/mol. The van der Waals surface area contributed by atoms with E-state index in [0.29, 0.717) is 35.2 Å². The van der Waals surface area contributed by atoms with Crippen molar-refractivity contribution < 1.29 is 23.5 Å². The molecule has 4 rings (SSSR count). The Kier molecular flexibility index (Phi) is 5.90. The Morgan fingerprint density at radius 3 is 2.90 bits per heavy atom. The predicted octanol–water partition coefficient (Wildman–Crippen LogP) is 5.05. The maximum Gasteiger partial charge on any atom is 0.310 e. The molecule has 30 heavy (non-hydrogen) atoms. The first-order valence-electron chi connectivity index (χ1n) is 9.45. The molecule has 0 amide bonds. The van der Waals surface area contributed by atoms with Crippen molar-refractivity contribution in [1.82, 2.24) is 4.98 Å². The molecule has 0 fully saturated rings. The van der Waals surface area contributed by atoms with E-state index < -0.39 is 0 Å². The molecule has 2 heterocycles. The number of hydrogen-bond donors (Lipinski definition) is 0. The molecule has 4 aromatic rings. The van der Waals surface area contributed by atoms with Gasteiger partial charge in [-0.3, -0.25) is 9.59 Å². The summed E-state index contributed by atoms with van der Waals surface area (Å²) in [5.41, 5.74) is 3.62. The van der Waals surface area contributed by atoms with E-state index in [2.05, 4.69) is 4.98 Å². The normalized spacial score (nSPS) is 10.8. The van der Waals surface area contributed by atoms with E-state index in [4.69, 9.17) is 13.9 Å². The molecule has 0 saturated carbocycles. The summed E-state index contributed by atoms with van der Waals surface area (Å²) in [4.78, 5) is 27.2. The van der Waals surface area contributed by atoms with Gasteiger partial charge in [0.2, 0.25) is 0 Å². The van der Waals surface area contributed by atoms with Crippen molar-refractivity contribution in [3.63, 3.8) is 0 Å². The molecule has 6 nitrogen and oxygen atoms in total. The minimum Gasteiger partial charge on any atom is -0.489 e. The van der Waals surface area contributed by atoms with Crippen LogP contribution >= 0.6 is 11.3 Å². The van der Waals surface area contributed by atoms with Crippen LogP contribution in [-0.4, -0.2) is 23.8 Å². The summed E-state index contributed by atoms with van der Waals surface area (Å²) in [6.45, 7) is 2.43. The van der Waals surface area contributed by atoms with Gasteiger partial charge in [0.05, 0.1) is 24.9 Å². The standard InChI is InChI=1S/C23H19NO5S/c1-2-27-21(26)11-16-5-3-4-6-20(16)29-13-15-9-17-7-8-28-22(17)19(10-15)23-24-18(12-25)14-30-23/h3-10,12,14H,2,11,13H2,1H3. The second kappa shape index (κ2) is 8.92. The van der Waals surface area contributed by atoms with Gasteiger partial charge in [0, 0.05) is 16.3 Å². The highest BCUT2D eigenvalue weighted by Crippen LogP contribution is 2.33. The topological polar surface area (TPSA) is 78.6 Å². The van der Waals surface area contributed by atoms with Crippen molar-refractivity contribution >= 4 is 34.6 Å². The SMILES string of the molecule is CCOC(=O)Cc1ccccc1OCc1cc(-c2nc(C=O)cs2)c2occc2c1. The Bertz CT molecular complexity index is 1190. The second-order valence-corrected chi connectivity index (χ2v) is 7.41. The van der Waals surface area contributed by atoms with E-state index in [1.54, 1.807) is 18.6 Å². The van der Waals surface area contributed by atoms with Gasteiger partial charge in [-0.05, 0) is 36.8 Å². The van der Waals surface area contributed by atoms with Crippen LogP contribution in [-0.2, 0) is 22.6 Å². The van der Waals surface area contributed by atoms with Gasteiger partial charge in [-0.2, -0.15) is 0 Å². The zero-order valence-corrected chi connectivity index (χ0v) is 17.1. The number of rotatable bonds is 8. The fourth-order valence-corrected chi connectivity index (χ4v) is 3.95. The number of aromatic nitrogens is 1. The fourth-order valence-electron chi connectivity index (χ4n) is 3.17. The Balaban J connectivity index is 1.60. The lowest BCUT2D eigenvalue weighted by Crippen LogP contribution is -2.09. The van der Waals surface area contributed by atoms with Crippen molar-refractivity contribution in [3.8, 4) is 16.3 Å². The first-order chi connectivity index (χ1) is 14.7. The van der Waals surface area contributed by atoms with Crippen LogP contribution in [0.1, 0.15) is 28.5 Å². The van der Waals surface area contributed by atoms with Crippen molar-refractivity contribution in [1.29, 1.82) is 0 Å². The van der Waals surface area contributed by atoms with Crippen LogP contribution in [0.2, 0.25) is 0 Å². The number of fused-ring (bicyclic) bond motifs is 1. The van der Waals surface area contributed by atoms with Gasteiger partial charge in [0.15, 0.2) is 6.29 Å². The van der Waals surface area contributed by atoms with Crippen LogP contribution < -0.4 is 4.74 Å². The molecule has 7 heteroatoms. The average Bonchev–Trinajstić information content (AvgIpc) is 3.42. The summed E-state index contributed by atoms with van der Waals surface area (Å²) in [6, 6.07) is 13.2. The number of para-hydroxylation sites is 1. The molecule has 152 valence electrons. The number of furan rings is 1.